The molecule has 26 heavy (non-hydrogen) atoms. The van der Waals surface area contributed by atoms with E-state index in [1.165, 1.54) is 44.9 Å². The van der Waals surface area contributed by atoms with Crippen molar-refractivity contribution in [3.8, 4) is 0 Å². The highest BCUT2D eigenvalue weighted by atomic mass is 16.7. The Morgan fingerprint density at radius 2 is 1.38 bits per heavy atom. The summed E-state index contributed by atoms with van der Waals surface area (Å²) in [5.74, 6) is -2.23. The number of carbonyl (C=O) groups is 2. The summed E-state index contributed by atoms with van der Waals surface area (Å²) in [6, 6.07) is 0. The van der Waals surface area contributed by atoms with Gasteiger partial charge in [0.15, 0.2) is 5.41 Å². The van der Waals surface area contributed by atoms with E-state index in [0.29, 0.717) is 6.42 Å². The number of carbonyl (C=O) groups excluding carboxylic acids is 2. The summed E-state index contributed by atoms with van der Waals surface area (Å²) in [7, 11) is 0. The summed E-state index contributed by atoms with van der Waals surface area (Å²) in [4.78, 5) is 24.9. The third-order valence-electron chi connectivity index (χ3n) is 4.81. The van der Waals surface area contributed by atoms with E-state index in [1.54, 1.807) is 19.9 Å². The van der Waals surface area contributed by atoms with Crippen molar-refractivity contribution in [2.24, 2.45) is 5.41 Å². The van der Waals surface area contributed by atoms with E-state index in [1.807, 2.05) is 6.08 Å². The molecule has 1 rings (SSSR count). The molecule has 0 aromatic carbocycles. The molecular weight excluding hydrogens is 328 g/mol. The summed E-state index contributed by atoms with van der Waals surface area (Å²) < 4.78 is 10.6. The topological polar surface area (TPSA) is 52.6 Å². The van der Waals surface area contributed by atoms with Crippen LogP contribution >= 0.6 is 0 Å². The number of esters is 2. The number of rotatable bonds is 13. The highest BCUT2D eigenvalue weighted by Crippen LogP contribution is 2.38. The zero-order valence-corrected chi connectivity index (χ0v) is 16.9. The van der Waals surface area contributed by atoms with Crippen LogP contribution in [0.3, 0.4) is 0 Å². The number of allylic oxidation sites excluding steroid dienone is 3. The molecule has 0 unspecified atom stereocenters. The molecule has 0 aromatic rings. The average molecular weight is 365 g/mol. The molecule has 1 saturated heterocycles. The van der Waals surface area contributed by atoms with Gasteiger partial charge in [-0.05, 0) is 25.7 Å². The van der Waals surface area contributed by atoms with E-state index >= 15 is 0 Å². The van der Waals surface area contributed by atoms with Gasteiger partial charge in [-0.25, -0.2) is 0 Å². The molecule has 148 valence electrons. The molecule has 0 bridgehead atoms. The molecule has 0 aliphatic carbocycles. The zero-order valence-electron chi connectivity index (χ0n) is 16.9. The first-order chi connectivity index (χ1) is 12.4. The minimum atomic E-state index is -1.28. The Hall–Kier alpha value is -1.58. The van der Waals surface area contributed by atoms with Crippen molar-refractivity contribution in [2.45, 2.75) is 97.2 Å². The Morgan fingerprint density at radius 1 is 0.846 bits per heavy atom. The van der Waals surface area contributed by atoms with Crippen LogP contribution in [0.5, 0.6) is 0 Å². The maximum Gasteiger partial charge on any atom is 0.327 e. The van der Waals surface area contributed by atoms with Gasteiger partial charge >= 0.3 is 11.9 Å². The van der Waals surface area contributed by atoms with E-state index in [4.69, 9.17) is 9.47 Å². The summed E-state index contributed by atoms with van der Waals surface area (Å²) in [6.45, 7) is 9.04. The van der Waals surface area contributed by atoms with Gasteiger partial charge in [-0.1, -0.05) is 70.1 Å². The summed E-state index contributed by atoms with van der Waals surface area (Å²) >= 11 is 0. The Kier molecular flexibility index (Phi) is 9.68. The highest BCUT2D eigenvalue weighted by molar-refractivity contribution is 6.02. The first kappa shape index (κ1) is 22.5. The van der Waals surface area contributed by atoms with Gasteiger partial charge in [0.2, 0.25) is 0 Å². The molecule has 0 saturated carbocycles. The SMILES string of the molecule is C=CCC1(C/C=C/CCCCCCCCCC)C(=O)OC(C)(C)OC1=O. The number of ether oxygens (including phenoxy) is 2. The Bertz CT molecular complexity index is 470. The van der Waals surface area contributed by atoms with E-state index in [-0.39, 0.29) is 6.42 Å². The van der Waals surface area contributed by atoms with Crippen molar-refractivity contribution in [2.75, 3.05) is 0 Å². The Morgan fingerprint density at radius 3 is 1.92 bits per heavy atom. The van der Waals surface area contributed by atoms with E-state index in [9.17, 15) is 9.59 Å². The van der Waals surface area contributed by atoms with E-state index in [0.717, 1.165) is 12.8 Å². The van der Waals surface area contributed by atoms with Gasteiger partial charge in [0.25, 0.3) is 5.79 Å². The zero-order chi connectivity index (χ0) is 19.5. The van der Waals surface area contributed by atoms with Crippen LogP contribution in [-0.2, 0) is 19.1 Å². The van der Waals surface area contributed by atoms with Gasteiger partial charge in [-0.2, -0.15) is 0 Å². The van der Waals surface area contributed by atoms with Gasteiger partial charge in [0.1, 0.15) is 0 Å². The maximum atomic E-state index is 12.4. The molecule has 1 fully saturated rings. The van der Waals surface area contributed by atoms with Crippen molar-refractivity contribution in [3.63, 3.8) is 0 Å². The third kappa shape index (κ3) is 6.97. The monoisotopic (exact) mass is 364 g/mol. The Labute approximate surface area is 159 Å². The lowest BCUT2D eigenvalue weighted by molar-refractivity contribution is -0.250. The molecule has 1 aliphatic heterocycles. The fourth-order valence-electron chi connectivity index (χ4n) is 3.21. The van der Waals surface area contributed by atoms with Crippen LogP contribution in [0, 0.1) is 5.41 Å². The van der Waals surface area contributed by atoms with E-state index in [2.05, 4.69) is 19.6 Å². The van der Waals surface area contributed by atoms with Crippen molar-refractivity contribution < 1.29 is 19.1 Å². The predicted molar refractivity (Wildman–Crippen MR) is 104 cm³/mol. The minimum Gasteiger partial charge on any atom is -0.422 e. The first-order valence-electron chi connectivity index (χ1n) is 10.1. The molecule has 0 atom stereocenters. The van der Waals surface area contributed by atoms with Crippen LogP contribution in [0.4, 0.5) is 0 Å². The van der Waals surface area contributed by atoms with Crippen LogP contribution in [0.15, 0.2) is 24.8 Å². The minimum absolute atomic E-state index is 0.225. The van der Waals surface area contributed by atoms with Gasteiger partial charge in [-0.3, -0.25) is 9.59 Å². The van der Waals surface area contributed by atoms with Crippen LogP contribution in [0.25, 0.3) is 0 Å². The fraction of sp³-hybridized carbons (Fsp3) is 0.727. The maximum absolute atomic E-state index is 12.4. The highest BCUT2D eigenvalue weighted by Gasteiger charge is 2.54. The van der Waals surface area contributed by atoms with Crippen molar-refractivity contribution >= 4 is 11.9 Å². The molecule has 0 amide bonds. The molecule has 4 nitrogen and oxygen atoms in total. The lowest BCUT2D eigenvalue weighted by Crippen LogP contribution is -2.53. The van der Waals surface area contributed by atoms with Gasteiger partial charge in [0.05, 0.1) is 0 Å². The molecule has 1 aliphatic rings. The van der Waals surface area contributed by atoms with Gasteiger partial charge in [0, 0.05) is 13.8 Å². The van der Waals surface area contributed by atoms with Crippen molar-refractivity contribution in [1.82, 2.24) is 0 Å². The smallest absolute Gasteiger partial charge is 0.327 e. The van der Waals surface area contributed by atoms with Crippen LogP contribution in [0.1, 0.15) is 91.4 Å². The quantitative estimate of drug-likeness (QED) is 0.178. The molecule has 0 radical (unpaired) electrons. The summed E-state index contributed by atoms with van der Waals surface area (Å²) in [5.41, 5.74) is -1.28. The number of hydrogen-bond acceptors (Lipinski definition) is 4. The molecule has 0 aromatic heterocycles. The van der Waals surface area contributed by atoms with Gasteiger partial charge < -0.3 is 9.47 Å². The van der Waals surface area contributed by atoms with Crippen molar-refractivity contribution in [3.05, 3.63) is 24.8 Å². The van der Waals surface area contributed by atoms with Crippen molar-refractivity contribution in [1.29, 1.82) is 0 Å². The van der Waals surface area contributed by atoms with Crippen LogP contribution in [-0.4, -0.2) is 17.7 Å². The summed E-state index contributed by atoms with van der Waals surface area (Å²) in [5, 5.41) is 0. The molecular formula is C22H36O4. The molecule has 4 heteroatoms. The largest absolute Gasteiger partial charge is 0.422 e. The molecule has 0 N–H and O–H groups in total. The fourth-order valence-corrected chi connectivity index (χ4v) is 3.21. The summed E-state index contributed by atoms with van der Waals surface area (Å²) in [6.07, 6.45) is 17.3. The molecule has 0 spiro atoms. The number of hydrogen-bond donors (Lipinski definition) is 0. The lowest BCUT2D eigenvalue weighted by atomic mass is 9.80. The Balaban J connectivity index is 2.37. The normalized spacial score (nSPS) is 18.6. The second kappa shape index (κ2) is 11.2. The molecule has 1 heterocycles. The first-order valence-corrected chi connectivity index (χ1v) is 10.1. The predicted octanol–water partition coefficient (Wildman–Crippen LogP) is 5.86. The average Bonchev–Trinajstić information content (AvgIpc) is 2.56. The number of cyclic esters (lactones) is 2. The van der Waals surface area contributed by atoms with Crippen LogP contribution in [0.2, 0.25) is 0 Å². The second-order valence-corrected chi connectivity index (χ2v) is 7.69. The number of unbranched alkanes of at least 4 members (excludes halogenated alkanes) is 8. The third-order valence-corrected chi connectivity index (χ3v) is 4.81. The van der Waals surface area contributed by atoms with Gasteiger partial charge in [-0.15, -0.1) is 6.58 Å². The lowest BCUT2D eigenvalue weighted by Gasteiger charge is -2.39. The van der Waals surface area contributed by atoms with Crippen LogP contribution < -0.4 is 0 Å². The van der Waals surface area contributed by atoms with E-state index < -0.39 is 23.1 Å². The standard InChI is InChI=1S/C22H36O4/c1-5-7-8-9-10-11-12-13-14-15-16-18-22(17-6-2)19(23)25-21(3,4)26-20(22)24/h6,15-16H,2,5,7-14,17-18H2,1,3-4H3/b16-15+. The second-order valence-electron chi connectivity index (χ2n) is 7.69.